The maximum atomic E-state index is 6.01. The van der Waals surface area contributed by atoms with Gasteiger partial charge in [-0.3, -0.25) is 0 Å². The third-order valence-electron chi connectivity index (χ3n) is 2.67. The lowest BCUT2D eigenvalue weighted by Crippen LogP contribution is -1.97. The molecule has 0 aliphatic heterocycles. The molecule has 1 aromatic carbocycles. The van der Waals surface area contributed by atoms with Gasteiger partial charge in [-0.1, -0.05) is 30.7 Å². The zero-order valence-corrected chi connectivity index (χ0v) is 11.5. The number of halogens is 1. The van der Waals surface area contributed by atoms with E-state index >= 15 is 0 Å². The Labute approximate surface area is 112 Å². The van der Waals surface area contributed by atoms with Crippen molar-refractivity contribution in [1.29, 1.82) is 0 Å². The summed E-state index contributed by atoms with van der Waals surface area (Å²) < 4.78 is 5.78. The van der Waals surface area contributed by atoms with Crippen molar-refractivity contribution in [2.75, 3.05) is 0 Å². The van der Waals surface area contributed by atoms with E-state index in [1.807, 2.05) is 25.1 Å². The second kappa shape index (κ2) is 5.36. The Kier molecular flexibility index (Phi) is 3.82. The number of aromatic nitrogens is 2. The largest absolute Gasteiger partial charge is 0.439 e. The molecule has 0 aliphatic carbocycles. The number of hydrogen-bond acceptors (Lipinski definition) is 3. The van der Waals surface area contributed by atoms with Crippen LogP contribution in [-0.4, -0.2) is 9.97 Å². The third kappa shape index (κ3) is 2.79. The lowest BCUT2D eigenvalue weighted by Gasteiger charge is -2.09. The van der Waals surface area contributed by atoms with Crippen molar-refractivity contribution >= 4 is 11.6 Å². The molecule has 0 saturated carbocycles. The number of rotatable bonds is 3. The van der Waals surface area contributed by atoms with Crippen LogP contribution in [0.25, 0.3) is 0 Å². The van der Waals surface area contributed by atoms with E-state index in [4.69, 9.17) is 16.3 Å². The molecular weight excluding hydrogens is 248 g/mol. The van der Waals surface area contributed by atoms with Gasteiger partial charge < -0.3 is 4.74 Å². The second-order valence-electron chi connectivity index (χ2n) is 4.09. The van der Waals surface area contributed by atoms with E-state index < -0.39 is 0 Å². The SMILES string of the molecule is CCc1cccc(Oc2nc(C)nc(Cl)c2C)c1. The van der Waals surface area contributed by atoms with Gasteiger partial charge in [-0.15, -0.1) is 0 Å². The molecule has 94 valence electrons. The summed E-state index contributed by atoms with van der Waals surface area (Å²) in [6, 6.07) is 7.95. The molecule has 0 N–H and O–H groups in total. The Morgan fingerprint density at radius 3 is 2.72 bits per heavy atom. The molecule has 0 atom stereocenters. The lowest BCUT2D eigenvalue weighted by molar-refractivity contribution is 0.455. The van der Waals surface area contributed by atoms with Gasteiger partial charge >= 0.3 is 0 Å². The number of nitrogens with zero attached hydrogens (tertiary/aromatic N) is 2. The van der Waals surface area contributed by atoms with Crippen LogP contribution in [0.2, 0.25) is 5.15 Å². The third-order valence-corrected chi connectivity index (χ3v) is 3.04. The highest BCUT2D eigenvalue weighted by molar-refractivity contribution is 6.30. The lowest BCUT2D eigenvalue weighted by atomic mass is 10.2. The standard InChI is InChI=1S/C14H15ClN2O/c1-4-11-6-5-7-12(8-11)18-14-9(2)13(15)16-10(3)17-14/h5-8H,4H2,1-3H3. The topological polar surface area (TPSA) is 35.0 Å². The van der Waals surface area contributed by atoms with Crippen molar-refractivity contribution in [2.24, 2.45) is 0 Å². The highest BCUT2D eigenvalue weighted by Crippen LogP contribution is 2.27. The van der Waals surface area contributed by atoms with Crippen LogP contribution in [-0.2, 0) is 6.42 Å². The highest BCUT2D eigenvalue weighted by atomic mass is 35.5. The predicted molar refractivity (Wildman–Crippen MR) is 72.4 cm³/mol. The molecule has 18 heavy (non-hydrogen) atoms. The molecule has 1 heterocycles. The molecule has 0 amide bonds. The fourth-order valence-electron chi connectivity index (χ4n) is 1.61. The minimum absolute atomic E-state index is 0.434. The number of benzene rings is 1. The molecule has 0 fully saturated rings. The average molecular weight is 263 g/mol. The van der Waals surface area contributed by atoms with E-state index in [0.29, 0.717) is 16.9 Å². The summed E-state index contributed by atoms with van der Waals surface area (Å²) in [5, 5.41) is 0.434. The van der Waals surface area contributed by atoms with E-state index in [9.17, 15) is 0 Å². The summed E-state index contributed by atoms with van der Waals surface area (Å²) in [5.41, 5.74) is 1.98. The smallest absolute Gasteiger partial charge is 0.226 e. The maximum Gasteiger partial charge on any atom is 0.226 e. The van der Waals surface area contributed by atoms with Crippen LogP contribution < -0.4 is 4.74 Å². The first kappa shape index (κ1) is 12.8. The number of hydrogen-bond donors (Lipinski definition) is 0. The van der Waals surface area contributed by atoms with Gasteiger partial charge in [0.05, 0.1) is 0 Å². The molecule has 0 radical (unpaired) electrons. The van der Waals surface area contributed by atoms with Gasteiger partial charge in [0.1, 0.15) is 16.7 Å². The van der Waals surface area contributed by atoms with Gasteiger partial charge in [-0.2, -0.15) is 4.98 Å². The van der Waals surface area contributed by atoms with Gasteiger partial charge in [-0.25, -0.2) is 4.98 Å². The van der Waals surface area contributed by atoms with E-state index in [2.05, 4.69) is 23.0 Å². The van der Waals surface area contributed by atoms with Crippen molar-refractivity contribution in [3.05, 3.63) is 46.4 Å². The maximum absolute atomic E-state index is 6.01. The molecule has 4 heteroatoms. The molecule has 2 rings (SSSR count). The molecular formula is C14H15ClN2O. The fourth-order valence-corrected chi connectivity index (χ4v) is 1.81. The molecule has 0 aliphatic rings. The summed E-state index contributed by atoms with van der Waals surface area (Å²) in [5.74, 6) is 1.89. The van der Waals surface area contributed by atoms with Crippen LogP contribution in [0.3, 0.4) is 0 Å². The quantitative estimate of drug-likeness (QED) is 0.781. The minimum Gasteiger partial charge on any atom is -0.439 e. The van der Waals surface area contributed by atoms with E-state index in [-0.39, 0.29) is 0 Å². The van der Waals surface area contributed by atoms with E-state index in [1.165, 1.54) is 5.56 Å². The van der Waals surface area contributed by atoms with Crippen molar-refractivity contribution in [2.45, 2.75) is 27.2 Å². The molecule has 1 aromatic heterocycles. The summed E-state index contributed by atoms with van der Waals surface area (Å²) >= 11 is 6.01. The van der Waals surface area contributed by atoms with Gasteiger partial charge in [-0.05, 0) is 38.0 Å². The highest BCUT2D eigenvalue weighted by Gasteiger charge is 2.09. The van der Waals surface area contributed by atoms with Crippen LogP contribution in [0.1, 0.15) is 23.9 Å². The van der Waals surface area contributed by atoms with Crippen LogP contribution in [0, 0.1) is 13.8 Å². The summed E-state index contributed by atoms with van der Waals surface area (Å²) in [6.07, 6.45) is 0.972. The Morgan fingerprint density at radius 1 is 1.22 bits per heavy atom. The zero-order chi connectivity index (χ0) is 13.1. The molecule has 3 nitrogen and oxygen atoms in total. The van der Waals surface area contributed by atoms with Gasteiger partial charge in [0.25, 0.3) is 0 Å². The van der Waals surface area contributed by atoms with Gasteiger partial charge in [0.2, 0.25) is 5.88 Å². The summed E-state index contributed by atoms with van der Waals surface area (Å²) in [7, 11) is 0. The molecule has 2 aromatic rings. The van der Waals surface area contributed by atoms with Gasteiger partial charge in [0.15, 0.2) is 0 Å². The first-order chi connectivity index (χ1) is 8.60. The van der Waals surface area contributed by atoms with E-state index in [1.54, 1.807) is 6.92 Å². The van der Waals surface area contributed by atoms with Crippen molar-refractivity contribution in [3.63, 3.8) is 0 Å². The first-order valence-electron chi connectivity index (χ1n) is 5.87. The average Bonchev–Trinajstić information content (AvgIpc) is 2.35. The fraction of sp³-hybridized carbons (Fsp3) is 0.286. The van der Waals surface area contributed by atoms with E-state index in [0.717, 1.165) is 17.7 Å². The Morgan fingerprint density at radius 2 is 2.00 bits per heavy atom. The minimum atomic E-state index is 0.434. The van der Waals surface area contributed by atoms with Crippen molar-refractivity contribution < 1.29 is 4.74 Å². The molecule has 0 bridgehead atoms. The first-order valence-corrected chi connectivity index (χ1v) is 6.25. The van der Waals surface area contributed by atoms with Crippen LogP contribution in [0.4, 0.5) is 0 Å². The Bertz CT molecular complexity index is 570. The van der Waals surface area contributed by atoms with Gasteiger partial charge in [0, 0.05) is 5.56 Å². The van der Waals surface area contributed by atoms with Crippen molar-refractivity contribution in [1.82, 2.24) is 9.97 Å². The number of ether oxygens (including phenoxy) is 1. The summed E-state index contributed by atoms with van der Waals surface area (Å²) in [4.78, 5) is 8.35. The van der Waals surface area contributed by atoms with Crippen molar-refractivity contribution in [3.8, 4) is 11.6 Å². The normalized spacial score (nSPS) is 10.4. The summed E-state index contributed by atoms with van der Waals surface area (Å²) in [6.45, 7) is 5.75. The molecule has 0 spiro atoms. The van der Waals surface area contributed by atoms with Crippen LogP contribution in [0.15, 0.2) is 24.3 Å². The van der Waals surface area contributed by atoms with Crippen LogP contribution in [0.5, 0.6) is 11.6 Å². The Hall–Kier alpha value is -1.61. The Balaban J connectivity index is 2.33. The zero-order valence-electron chi connectivity index (χ0n) is 10.7. The second-order valence-corrected chi connectivity index (χ2v) is 4.45. The van der Waals surface area contributed by atoms with Crippen LogP contribution >= 0.6 is 11.6 Å². The molecule has 0 unspecified atom stereocenters. The number of aryl methyl sites for hydroxylation is 2. The predicted octanol–water partition coefficient (Wildman–Crippen LogP) is 4.10. The molecule has 0 saturated heterocycles. The monoisotopic (exact) mass is 262 g/mol.